The number of rotatable bonds is 3. The summed E-state index contributed by atoms with van der Waals surface area (Å²) in [4.78, 5) is 3.87. The van der Waals surface area contributed by atoms with Crippen molar-refractivity contribution in [2.24, 2.45) is 0 Å². The third-order valence-electron chi connectivity index (χ3n) is 1.14. The first-order valence-electron chi connectivity index (χ1n) is 3.13. The van der Waals surface area contributed by atoms with Gasteiger partial charge in [0.15, 0.2) is 0 Å². The molecule has 0 fully saturated rings. The average molecular weight is 183 g/mol. The molecule has 0 unspecified atom stereocenters. The maximum Gasteiger partial charge on any atom is 0.529 e. The van der Waals surface area contributed by atoms with Crippen LogP contribution in [0.2, 0.25) is 0 Å². The van der Waals surface area contributed by atoms with E-state index in [2.05, 4.69) is 16.1 Å². The summed E-state index contributed by atoms with van der Waals surface area (Å²) in [5.41, 5.74) is 0.573. The van der Waals surface area contributed by atoms with Crippen molar-refractivity contribution in [2.45, 2.75) is 0 Å². The van der Waals surface area contributed by atoms with Crippen molar-refractivity contribution in [1.29, 1.82) is 0 Å². The molecule has 0 radical (unpaired) electrons. The van der Waals surface area contributed by atoms with E-state index in [-0.39, 0.29) is 5.75 Å². The second-order valence-corrected chi connectivity index (χ2v) is 2.57. The molecule has 0 aliphatic carbocycles. The molecule has 0 atom stereocenters. The van der Waals surface area contributed by atoms with Gasteiger partial charge in [0.1, 0.15) is 5.75 Å². The van der Waals surface area contributed by atoms with Gasteiger partial charge in [0, 0.05) is 12.3 Å². The molecule has 0 aliphatic rings. The van der Waals surface area contributed by atoms with Gasteiger partial charge in [-0.3, -0.25) is 4.98 Å². The second-order valence-electron chi connectivity index (χ2n) is 1.94. The van der Waals surface area contributed by atoms with Crippen LogP contribution in [-0.2, 0) is 9.13 Å². The molecular formula is C7H6NO3P. The molecule has 0 saturated carbocycles. The summed E-state index contributed by atoms with van der Waals surface area (Å²) in [6.45, 7) is 3.48. The molecule has 0 aliphatic heterocycles. The van der Waals surface area contributed by atoms with Gasteiger partial charge in [0.25, 0.3) is 0 Å². The highest BCUT2D eigenvalue weighted by Gasteiger charge is 1.97. The monoisotopic (exact) mass is 183 g/mol. The van der Waals surface area contributed by atoms with Crippen LogP contribution in [0.1, 0.15) is 5.69 Å². The van der Waals surface area contributed by atoms with E-state index in [1.165, 1.54) is 24.4 Å². The lowest BCUT2D eigenvalue weighted by Crippen LogP contribution is -1.81. The van der Waals surface area contributed by atoms with Gasteiger partial charge in [-0.1, -0.05) is 6.58 Å². The number of hydrogen-bond donors (Lipinski definition) is 0. The van der Waals surface area contributed by atoms with Gasteiger partial charge < -0.3 is 4.52 Å². The molecule has 1 heterocycles. The number of aromatic nitrogens is 1. The molecule has 1 rings (SSSR count). The largest absolute Gasteiger partial charge is 0.529 e. The first-order chi connectivity index (χ1) is 5.72. The van der Waals surface area contributed by atoms with Gasteiger partial charge >= 0.3 is 7.91 Å². The Bertz CT molecular complexity index is 351. The van der Waals surface area contributed by atoms with Gasteiger partial charge in [-0.2, -0.15) is 9.13 Å². The van der Waals surface area contributed by atoms with E-state index in [0.29, 0.717) is 5.69 Å². The van der Waals surface area contributed by atoms with Crippen LogP contribution in [-0.4, -0.2) is 4.98 Å². The summed E-state index contributed by atoms with van der Waals surface area (Å²) < 4.78 is 24.7. The van der Waals surface area contributed by atoms with Crippen LogP contribution in [0.4, 0.5) is 0 Å². The Labute approximate surface area is 69.8 Å². The SMILES string of the molecule is C=Cc1cc(OP(=O)=O)ccn1. The zero-order valence-electron chi connectivity index (χ0n) is 6.14. The van der Waals surface area contributed by atoms with Crippen LogP contribution >= 0.6 is 7.91 Å². The lowest BCUT2D eigenvalue weighted by molar-refractivity contribution is 0.438. The molecule has 0 saturated heterocycles. The highest BCUT2D eigenvalue weighted by Crippen LogP contribution is 2.18. The highest BCUT2D eigenvalue weighted by molar-refractivity contribution is 7.25. The first-order valence-corrected chi connectivity index (χ1v) is 4.23. The molecule has 5 heteroatoms. The van der Waals surface area contributed by atoms with Gasteiger partial charge in [-0.05, 0) is 12.1 Å². The molecule has 0 spiro atoms. The average Bonchev–Trinajstić information content (AvgIpc) is 2.03. The fourth-order valence-corrected chi connectivity index (χ4v) is 0.968. The summed E-state index contributed by atoms with van der Waals surface area (Å²) in [5.74, 6) is 0.246. The summed E-state index contributed by atoms with van der Waals surface area (Å²) in [7, 11) is -2.86. The maximum atomic E-state index is 10.1. The minimum Gasteiger partial charge on any atom is -0.387 e. The van der Waals surface area contributed by atoms with E-state index in [1.54, 1.807) is 0 Å². The van der Waals surface area contributed by atoms with Crippen molar-refractivity contribution >= 4 is 14.0 Å². The lowest BCUT2D eigenvalue weighted by Gasteiger charge is -1.95. The quantitative estimate of drug-likeness (QED) is 0.674. The smallest absolute Gasteiger partial charge is 0.387 e. The van der Waals surface area contributed by atoms with Gasteiger partial charge in [0.2, 0.25) is 0 Å². The number of hydrogen-bond acceptors (Lipinski definition) is 4. The Morgan fingerprint density at radius 1 is 1.58 bits per heavy atom. The normalized spacial score (nSPS) is 9.00. The van der Waals surface area contributed by atoms with Crippen molar-refractivity contribution in [1.82, 2.24) is 4.98 Å². The number of nitrogens with zero attached hydrogens (tertiary/aromatic N) is 1. The molecule has 1 aromatic heterocycles. The molecule has 62 valence electrons. The molecule has 4 nitrogen and oxygen atoms in total. The van der Waals surface area contributed by atoms with Crippen molar-refractivity contribution < 1.29 is 13.7 Å². The fourth-order valence-electron chi connectivity index (χ4n) is 0.682. The Hall–Kier alpha value is -1.41. The second kappa shape index (κ2) is 3.83. The number of pyridine rings is 1. The van der Waals surface area contributed by atoms with Gasteiger partial charge in [0.05, 0.1) is 5.69 Å². The van der Waals surface area contributed by atoms with Crippen LogP contribution in [0, 0.1) is 0 Å². The van der Waals surface area contributed by atoms with E-state index in [4.69, 9.17) is 0 Å². The van der Waals surface area contributed by atoms with E-state index in [0.717, 1.165) is 0 Å². The Balaban J connectivity index is 2.93. The van der Waals surface area contributed by atoms with Crippen molar-refractivity contribution in [3.8, 4) is 5.75 Å². The highest BCUT2D eigenvalue weighted by atomic mass is 31.1. The fraction of sp³-hybridized carbons (Fsp3) is 0. The Kier molecular flexibility index (Phi) is 2.77. The predicted molar refractivity (Wildman–Crippen MR) is 43.2 cm³/mol. The van der Waals surface area contributed by atoms with Crippen molar-refractivity contribution in [3.05, 3.63) is 30.6 Å². The van der Waals surface area contributed by atoms with Crippen LogP contribution in [0.5, 0.6) is 5.75 Å². The molecule has 0 aromatic carbocycles. The molecular weight excluding hydrogens is 177 g/mol. The third-order valence-corrected chi connectivity index (χ3v) is 1.50. The maximum absolute atomic E-state index is 10.1. The summed E-state index contributed by atoms with van der Waals surface area (Å²) in [5, 5.41) is 0. The van der Waals surface area contributed by atoms with Crippen molar-refractivity contribution in [2.75, 3.05) is 0 Å². The van der Waals surface area contributed by atoms with Crippen LogP contribution in [0.3, 0.4) is 0 Å². The van der Waals surface area contributed by atoms with E-state index in [1.807, 2.05) is 0 Å². The zero-order chi connectivity index (χ0) is 8.97. The van der Waals surface area contributed by atoms with E-state index >= 15 is 0 Å². The Morgan fingerprint density at radius 2 is 2.33 bits per heavy atom. The Morgan fingerprint density at radius 3 is 2.92 bits per heavy atom. The first kappa shape index (κ1) is 8.68. The molecule has 0 N–H and O–H groups in total. The summed E-state index contributed by atoms with van der Waals surface area (Å²) >= 11 is 0. The lowest BCUT2D eigenvalue weighted by atomic mass is 10.3. The van der Waals surface area contributed by atoms with Crippen LogP contribution in [0.25, 0.3) is 6.08 Å². The molecule has 0 amide bonds. The summed E-state index contributed by atoms with van der Waals surface area (Å²) in [6.07, 6.45) is 2.95. The minimum atomic E-state index is -2.86. The standard InChI is InChI=1S/C7H6NO3P/c1-2-6-5-7(3-4-8-6)11-12(9)10/h2-5H,1H2. The van der Waals surface area contributed by atoms with E-state index < -0.39 is 7.91 Å². The van der Waals surface area contributed by atoms with Gasteiger partial charge in [-0.25, -0.2) is 0 Å². The predicted octanol–water partition coefficient (Wildman–Crippen LogP) is 2.19. The van der Waals surface area contributed by atoms with Crippen LogP contribution in [0.15, 0.2) is 24.9 Å². The molecule has 12 heavy (non-hydrogen) atoms. The van der Waals surface area contributed by atoms with Crippen molar-refractivity contribution in [3.63, 3.8) is 0 Å². The topological polar surface area (TPSA) is 56.3 Å². The summed E-state index contributed by atoms with van der Waals surface area (Å²) in [6, 6.07) is 2.94. The minimum absolute atomic E-state index is 0.246. The van der Waals surface area contributed by atoms with Gasteiger partial charge in [-0.15, -0.1) is 0 Å². The van der Waals surface area contributed by atoms with E-state index in [9.17, 15) is 9.13 Å². The third kappa shape index (κ3) is 2.32. The molecule has 0 bridgehead atoms. The zero-order valence-corrected chi connectivity index (χ0v) is 7.03. The molecule has 1 aromatic rings. The van der Waals surface area contributed by atoms with Crippen LogP contribution < -0.4 is 4.52 Å².